The van der Waals surface area contributed by atoms with Crippen molar-refractivity contribution in [3.63, 3.8) is 0 Å². The van der Waals surface area contributed by atoms with E-state index in [-0.39, 0.29) is 11.9 Å². The van der Waals surface area contributed by atoms with E-state index in [9.17, 15) is 5.11 Å². The van der Waals surface area contributed by atoms with E-state index in [4.69, 9.17) is 32.7 Å². The Morgan fingerprint density at radius 3 is 2.16 bits per heavy atom. The van der Waals surface area contributed by atoms with Crippen LogP contribution in [0.15, 0.2) is 29.4 Å². The van der Waals surface area contributed by atoms with Crippen molar-refractivity contribution < 1.29 is 14.6 Å². The quantitative estimate of drug-likeness (QED) is 0.551. The highest BCUT2D eigenvalue weighted by atomic mass is 35.5. The van der Waals surface area contributed by atoms with Crippen LogP contribution in [0.2, 0.25) is 10.0 Å². The molecule has 2 aromatic rings. The maximum absolute atomic E-state index is 9.96. The van der Waals surface area contributed by atoms with Crippen LogP contribution < -0.4 is 9.47 Å². The number of methoxy groups -OCH3 is 2. The molecular formula is C17H20Cl2N2O3S. The summed E-state index contributed by atoms with van der Waals surface area (Å²) in [5, 5.41) is 11.2. The van der Waals surface area contributed by atoms with Crippen molar-refractivity contribution in [2.24, 2.45) is 0 Å². The second-order valence-electron chi connectivity index (χ2n) is 5.87. The fourth-order valence-electron chi connectivity index (χ4n) is 2.27. The van der Waals surface area contributed by atoms with Crippen molar-refractivity contribution in [1.29, 1.82) is 0 Å². The van der Waals surface area contributed by atoms with E-state index in [1.165, 1.54) is 26.0 Å². The molecule has 0 radical (unpaired) electrons. The lowest BCUT2D eigenvalue weighted by Gasteiger charge is -2.33. The van der Waals surface area contributed by atoms with Gasteiger partial charge in [-0.25, -0.2) is 0 Å². The Kier molecular flexibility index (Phi) is 6.79. The highest BCUT2D eigenvalue weighted by Crippen LogP contribution is 2.39. The molecule has 1 N–H and O–H groups in total. The van der Waals surface area contributed by atoms with Gasteiger partial charge in [-0.2, -0.15) is 9.97 Å². The SMILES string of the molecule is COc1cc(OC)nc(SC(CO)C(C)(C)c2ccc(Cl)c(Cl)c2)n1. The van der Waals surface area contributed by atoms with Gasteiger partial charge in [0, 0.05) is 10.7 Å². The Morgan fingerprint density at radius 2 is 1.68 bits per heavy atom. The van der Waals surface area contributed by atoms with Gasteiger partial charge in [-0.1, -0.05) is 54.9 Å². The number of nitrogens with zero attached hydrogens (tertiary/aromatic N) is 2. The summed E-state index contributed by atoms with van der Waals surface area (Å²) >= 11 is 13.5. The second kappa shape index (κ2) is 8.45. The Hall–Kier alpha value is -1.21. The number of aromatic nitrogens is 2. The van der Waals surface area contributed by atoms with E-state index in [2.05, 4.69) is 9.97 Å². The van der Waals surface area contributed by atoms with Crippen LogP contribution in [0.4, 0.5) is 0 Å². The van der Waals surface area contributed by atoms with Crippen LogP contribution in [0.25, 0.3) is 0 Å². The standard InChI is InChI=1S/C17H20Cl2N2O3S/c1-17(2,10-5-6-11(18)12(19)7-10)13(9-22)25-16-20-14(23-3)8-15(21-16)24-4/h5-8,13,22H,9H2,1-4H3. The molecule has 0 bridgehead atoms. The first-order chi connectivity index (χ1) is 11.8. The molecule has 0 aliphatic heterocycles. The zero-order chi connectivity index (χ0) is 18.6. The zero-order valence-electron chi connectivity index (χ0n) is 14.4. The number of hydrogen-bond acceptors (Lipinski definition) is 6. The number of benzene rings is 1. The van der Waals surface area contributed by atoms with Crippen molar-refractivity contribution in [2.45, 2.75) is 29.7 Å². The monoisotopic (exact) mass is 402 g/mol. The molecule has 1 heterocycles. The summed E-state index contributed by atoms with van der Waals surface area (Å²) in [6.45, 7) is 3.98. The molecule has 1 unspecified atom stereocenters. The molecule has 0 fully saturated rings. The molecule has 0 spiro atoms. The van der Waals surface area contributed by atoms with E-state index in [1.54, 1.807) is 12.1 Å². The summed E-state index contributed by atoms with van der Waals surface area (Å²) in [7, 11) is 3.05. The minimum atomic E-state index is -0.409. The molecule has 0 saturated heterocycles. The average molecular weight is 403 g/mol. The van der Waals surface area contributed by atoms with Gasteiger partial charge in [0.05, 0.1) is 36.9 Å². The fourth-order valence-corrected chi connectivity index (χ4v) is 3.61. The number of thioether (sulfide) groups is 1. The highest BCUT2D eigenvalue weighted by molar-refractivity contribution is 7.99. The number of halogens is 2. The maximum Gasteiger partial charge on any atom is 0.220 e. The summed E-state index contributed by atoms with van der Waals surface area (Å²) in [6, 6.07) is 7.08. The van der Waals surface area contributed by atoms with Crippen LogP contribution in [0.1, 0.15) is 19.4 Å². The summed E-state index contributed by atoms with van der Waals surface area (Å²) in [6.07, 6.45) is 0. The molecule has 25 heavy (non-hydrogen) atoms. The summed E-state index contributed by atoms with van der Waals surface area (Å²) < 4.78 is 10.3. The van der Waals surface area contributed by atoms with Crippen molar-refractivity contribution in [1.82, 2.24) is 9.97 Å². The van der Waals surface area contributed by atoms with Crippen molar-refractivity contribution >= 4 is 35.0 Å². The lowest BCUT2D eigenvalue weighted by molar-refractivity contribution is 0.260. The Balaban J connectivity index is 2.33. The third-order valence-electron chi connectivity index (χ3n) is 3.96. The van der Waals surface area contributed by atoms with Crippen LogP contribution in [0.5, 0.6) is 11.8 Å². The predicted molar refractivity (Wildman–Crippen MR) is 101 cm³/mol. The largest absolute Gasteiger partial charge is 0.481 e. The van der Waals surface area contributed by atoms with Gasteiger partial charge >= 0.3 is 0 Å². The number of rotatable bonds is 7. The molecule has 0 amide bonds. The summed E-state index contributed by atoms with van der Waals surface area (Å²) in [5.41, 5.74) is 0.552. The molecular weight excluding hydrogens is 383 g/mol. The minimum absolute atomic E-state index is 0.0687. The zero-order valence-corrected chi connectivity index (χ0v) is 16.7. The number of hydrogen-bond donors (Lipinski definition) is 1. The summed E-state index contributed by atoms with van der Waals surface area (Å²) in [4.78, 5) is 8.64. The first-order valence-corrected chi connectivity index (χ1v) is 9.15. The summed E-state index contributed by atoms with van der Waals surface area (Å²) in [5.74, 6) is 0.803. The van der Waals surface area contributed by atoms with Crippen LogP contribution in [0, 0.1) is 0 Å². The molecule has 136 valence electrons. The first-order valence-electron chi connectivity index (χ1n) is 7.52. The maximum atomic E-state index is 9.96. The van der Waals surface area contributed by atoms with E-state index in [0.29, 0.717) is 27.0 Å². The van der Waals surface area contributed by atoms with E-state index in [1.807, 2.05) is 26.0 Å². The molecule has 1 aromatic heterocycles. The number of ether oxygens (including phenoxy) is 2. The Morgan fingerprint density at radius 1 is 1.08 bits per heavy atom. The fraction of sp³-hybridized carbons (Fsp3) is 0.412. The van der Waals surface area contributed by atoms with Crippen LogP contribution in [-0.2, 0) is 5.41 Å². The molecule has 2 rings (SSSR count). The van der Waals surface area contributed by atoms with Gasteiger partial charge < -0.3 is 14.6 Å². The number of aliphatic hydroxyl groups excluding tert-OH is 1. The topological polar surface area (TPSA) is 64.5 Å². The molecule has 1 aromatic carbocycles. The van der Waals surface area contributed by atoms with Gasteiger partial charge in [0.25, 0.3) is 0 Å². The Labute approximate surface area is 161 Å². The van der Waals surface area contributed by atoms with Crippen molar-refractivity contribution in [3.8, 4) is 11.8 Å². The second-order valence-corrected chi connectivity index (χ2v) is 7.86. The molecule has 0 aliphatic carbocycles. The van der Waals surface area contributed by atoms with Gasteiger partial charge in [-0.05, 0) is 17.7 Å². The first kappa shape index (κ1) is 20.1. The van der Waals surface area contributed by atoms with Gasteiger partial charge in [0.15, 0.2) is 5.16 Å². The molecule has 1 atom stereocenters. The van der Waals surface area contributed by atoms with Crippen molar-refractivity contribution in [3.05, 3.63) is 39.9 Å². The molecule has 0 aliphatic rings. The highest BCUT2D eigenvalue weighted by Gasteiger charge is 2.33. The molecule has 5 nitrogen and oxygen atoms in total. The van der Waals surface area contributed by atoms with Crippen molar-refractivity contribution in [2.75, 3.05) is 20.8 Å². The van der Waals surface area contributed by atoms with E-state index >= 15 is 0 Å². The van der Waals surface area contributed by atoms with Gasteiger partial charge in [0.2, 0.25) is 11.8 Å². The predicted octanol–water partition coefficient (Wildman–Crippen LogP) is 4.23. The van der Waals surface area contributed by atoms with E-state index < -0.39 is 5.41 Å². The van der Waals surface area contributed by atoms with Gasteiger partial charge in [0.1, 0.15) is 0 Å². The lowest BCUT2D eigenvalue weighted by Crippen LogP contribution is -2.34. The molecule has 8 heteroatoms. The third-order valence-corrected chi connectivity index (χ3v) is 6.11. The normalized spacial score (nSPS) is 12.8. The van der Waals surface area contributed by atoms with Crippen LogP contribution >= 0.6 is 35.0 Å². The minimum Gasteiger partial charge on any atom is -0.481 e. The third kappa shape index (κ3) is 4.70. The van der Waals surface area contributed by atoms with E-state index in [0.717, 1.165) is 5.56 Å². The van der Waals surface area contributed by atoms with Crippen LogP contribution in [0.3, 0.4) is 0 Å². The smallest absolute Gasteiger partial charge is 0.220 e. The van der Waals surface area contributed by atoms with Crippen LogP contribution in [-0.4, -0.2) is 41.2 Å². The van der Waals surface area contributed by atoms with Gasteiger partial charge in [-0.3, -0.25) is 0 Å². The average Bonchev–Trinajstić information content (AvgIpc) is 2.61. The number of aliphatic hydroxyl groups is 1. The Bertz CT molecular complexity index is 722. The lowest BCUT2D eigenvalue weighted by atomic mass is 9.81. The van der Waals surface area contributed by atoms with Gasteiger partial charge in [-0.15, -0.1) is 0 Å². The molecule has 0 saturated carbocycles.